The van der Waals surface area contributed by atoms with E-state index in [0.717, 1.165) is 0 Å². The van der Waals surface area contributed by atoms with E-state index in [4.69, 9.17) is 6.85 Å². The first kappa shape index (κ1) is 2.40. The molecule has 0 bridgehead atoms. The number of hydrogen-bond acceptors (Lipinski definition) is 2. The van der Waals surface area contributed by atoms with Crippen LogP contribution >= 0.6 is 0 Å². The Morgan fingerprint density at radius 3 is 2.67 bits per heavy atom. The van der Waals surface area contributed by atoms with E-state index in [1.807, 2.05) is 0 Å². The summed E-state index contributed by atoms with van der Waals surface area (Å²) in [7, 11) is 0. The van der Waals surface area contributed by atoms with Crippen LogP contribution in [0.15, 0.2) is 0 Å². The van der Waals surface area contributed by atoms with Crippen molar-refractivity contribution in [3.8, 4) is 0 Å². The largest absolute Gasteiger partial charge is 0.283 e. The van der Waals surface area contributed by atoms with Crippen LogP contribution in [0.2, 0.25) is 0 Å². The number of rotatable bonds is 1. The highest BCUT2D eigenvalue weighted by Crippen LogP contribution is 2.09. The number of carbonyl (C=O) groups excluding carboxylic acids is 2. The molecule has 1 rings (SSSR count). The Morgan fingerprint density at radius 1 is 1.67 bits per heavy atom. The van der Waals surface area contributed by atoms with Gasteiger partial charge in [0, 0.05) is 26.2 Å². The van der Waals surface area contributed by atoms with Gasteiger partial charge in [-0.3, -0.25) is 14.5 Å². The molecule has 0 aromatic carbocycles. The van der Waals surface area contributed by atoms with Crippen LogP contribution in [0, 0.1) is 0 Å². The predicted molar refractivity (Wildman–Crippen MR) is 31.6 cm³/mol. The van der Waals surface area contributed by atoms with Gasteiger partial charge >= 0.3 is 0 Å². The average Bonchev–Trinajstić information content (AvgIpc) is 2.28. The second kappa shape index (κ2) is 2.17. The minimum absolute atomic E-state index is 0.117. The summed E-state index contributed by atoms with van der Waals surface area (Å²) in [5.74, 6) is -1.53. The monoisotopic (exact) mass is 132 g/mol. The fourth-order valence-electron chi connectivity index (χ4n) is 0.701. The molecular formula is C6H9NO2. The lowest BCUT2D eigenvalue weighted by Gasteiger charge is -2.08. The number of nitrogens with zero attached hydrogens (tertiary/aromatic N) is 1. The van der Waals surface area contributed by atoms with Crippen molar-refractivity contribution in [2.75, 3.05) is 6.50 Å². The third-order valence-electron chi connectivity index (χ3n) is 1.16. The van der Waals surface area contributed by atoms with Gasteiger partial charge in [-0.25, -0.2) is 0 Å². The summed E-state index contributed by atoms with van der Waals surface area (Å²) in [5, 5.41) is 0. The summed E-state index contributed by atoms with van der Waals surface area (Å²) in [6.45, 7) is -5.92. The standard InChI is InChI=1S/C6H9NO2/c1-2-7-5(8)3-4-6(7)9/h2-4H2,1H3/i1D3,2D2. The van der Waals surface area contributed by atoms with Crippen molar-refractivity contribution in [1.82, 2.24) is 4.90 Å². The van der Waals surface area contributed by atoms with Gasteiger partial charge in [-0.05, 0) is 6.85 Å². The molecule has 1 aliphatic rings. The molecule has 0 radical (unpaired) electrons. The molecule has 3 nitrogen and oxygen atoms in total. The first-order chi connectivity index (χ1) is 6.18. The smallest absolute Gasteiger partial charge is 0.229 e. The molecule has 9 heavy (non-hydrogen) atoms. The molecule has 0 spiro atoms. The molecule has 0 saturated carbocycles. The molecule has 1 heterocycles. The number of likely N-dealkylation sites (tertiary alicyclic amines) is 1. The van der Waals surface area contributed by atoms with Gasteiger partial charge in [-0.1, -0.05) is 0 Å². The molecule has 0 atom stereocenters. The van der Waals surface area contributed by atoms with Gasteiger partial charge in [-0.2, -0.15) is 0 Å². The molecule has 3 heteroatoms. The molecule has 2 amide bonds. The zero-order chi connectivity index (χ0) is 11.1. The summed E-state index contributed by atoms with van der Waals surface area (Å²) in [5.41, 5.74) is 0. The second-order valence-corrected chi connectivity index (χ2v) is 1.73. The Bertz CT molecular complexity index is 268. The fraction of sp³-hybridized carbons (Fsp3) is 0.667. The van der Waals surface area contributed by atoms with Gasteiger partial charge in [0.15, 0.2) is 0 Å². The number of hydrogen-bond donors (Lipinski definition) is 0. The molecule has 1 fully saturated rings. The van der Waals surface area contributed by atoms with Crippen molar-refractivity contribution in [3.63, 3.8) is 0 Å². The topological polar surface area (TPSA) is 37.4 Å². The summed E-state index contributed by atoms with van der Waals surface area (Å²) < 4.78 is 35.1. The number of carbonyl (C=O) groups is 2. The highest BCUT2D eigenvalue weighted by atomic mass is 16.2. The van der Waals surface area contributed by atoms with E-state index in [1.165, 1.54) is 0 Å². The second-order valence-electron chi connectivity index (χ2n) is 1.73. The van der Waals surface area contributed by atoms with Crippen LogP contribution in [0.4, 0.5) is 0 Å². The van der Waals surface area contributed by atoms with E-state index in [9.17, 15) is 9.59 Å². The van der Waals surface area contributed by atoms with E-state index in [-0.39, 0.29) is 17.7 Å². The van der Waals surface area contributed by atoms with E-state index in [1.54, 1.807) is 0 Å². The lowest BCUT2D eigenvalue weighted by atomic mass is 10.4. The molecule has 1 aliphatic heterocycles. The van der Waals surface area contributed by atoms with Crippen LogP contribution in [0.5, 0.6) is 0 Å². The van der Waals surface area contributed by atoms with Crippen LogP contribution in [-0.4, -0.2) is 23.2 Å². The third-order valence-corrected chi connectivity index (χ3v) is 1.16. The normalized spacial score (nSPS) is 30.7. The van der Waals surface area contributed by atoms with Gasteiger partial charge < -0.3 is 0 Å². The van der Waals surface area contributed by atoms with Crippen LogP contribution in [-0.2, 0) is 9.59 Å². The molecule has 50 valence electrons. The Hall–Kier alpha value is -0.860. The average molecular weight is 132 g/mol. The maximum Gasteiger partial charge on any atom is 0.229 e. The quantitative estimate of drug-likeness (QED) is 0.476. The SMILES string of the molecule is [2H]C([2H])([2H])C([2H])([2H])N1C(=O)CCC1=O. The first-order valence-electron chi connectivity index (χ1n) is 5.04. The van der Waals surface area contributed by atoms with Crippen molar-refractivity contribution in [3.05, 3.63) is 0 Å². The summed E-state index contributed by atoms with van der Waals surface area (Å²) in [6.07, 6.45) is -0.233. The van der Waals surface area contributed by atoms with Crippen LogP contribution in [0.25, 0.3) is 0 Å². The highest BCUT2D eigenvalue weighted by Gasteiger charge is 2.26. The Kier molecular flexibility index (Phi) is 0.579. The third kappa shape index (κ3) is 0.943. The van der Waals surface area contributed by atoms with Crippen LogP contribution in [0.3, 0.4) is 0 Å². The van der Waals surface area contributed by atoms with E-state index in [2.05, 4.69) is 0 Å². The summed E-state index contributed by atoms with van der Waals surface area (Å²) >= 11 is 0. The number of imide groups is 1. The minimum Gasteiger partial charge on any atom is -0.283 e. The molecule has 0 N–H and O–H groups in total. The first-order valence-corrected chi connectivity index (χ1v) is 2.54. The maximum atomic E-state index is 11.1. The van der Waals surface area contributed by atoms with E-state index < -0.39 is 25.2 Å². The molecule has 0 aliphatic carbocycles. The van der Waals surface area contributed by atoms with Crippen molar-refractivity contribution >= 4 is 11.8 Å². The lowest BCUT2D eigenvalue weighted by Crippen LogP contribution is -2.28. The predicted octanol–water partition coefficient (Wildman–Crippen LogP) is 0.155. The van der Waals surface area contributed by atoms with E-state index >= 15 is 0 Å². The zero-order valence-corrected chi connectivity index (χ0v) is 4.68. The lowest BCUT2D eigenvalue weighted by molar-refractivity contribution is -0.138. The van der Waals surface area contributed by atoms with Crippen LogP contribution in [0.1, 0.15) is 26.5 Å². The maximum absolute atomic E-state index is 11.1. The van der Waals surface area contributed by atoms with Gasteiger partial charge in [0.05, 0.1) is 0 Å². The summed E-state index contributed by atoms with van der Waals surface area (Å²) in [6, 6.07) is 0. The molecule has 0 aromatic heterocycles. The summed E-state index contributed by atoms with van der Waals surface area (Å²) in [4.78, 5) is 22.4. The Labute approximate surface area is 60.7 Å². The van der Waals surface area contributed by atoms with Crippen molar-refractivity contribution in [2.45, 2.75) is 19.7 Å². The Balaban J connectivity index is 3.03. The Morgan fingerprint density at radius 2 is 2.22 bits per heavy atom. The van der Waals surface area contributed by atoms with Crippen molar-refractivity contribution < 1.29 is 16.4 Å². The van der Waals surface area contributed by atoms with Gasteiger partial charge in [-0.15, -0.1) is 0 Å². The van der Waals surface area contributed by atoms with E-state index in [0.29, 0.717) is 0 Å². The molecular weight excluding hydrogens is 118 g/mol. The fourth-order valence-corrected chi connectivity index (χ4v) is 0.701. The van der Waals surface area contributed by atoms with Crippen LogP contribution < -0.4 is 0 Å². The zero-order valence-electron chi connectivity index (χ0n) is 9.68. The van der Waals surface area contributed by atoms with Gasteiger partial charge in [0.25, 0.3) is 0 Å². The van der Waals surface area contributed by atoms with Crippen molar-refractivity contribution in [1.29, 1.82) is 0 Å². The number of amides is 2. The van der Waals surface area contributed by atoms with Crippen molar-refractivity contribution in [2.24, 2.45) is 0 Å². The highest BCUT2D eigenvalue weighted by molar-refractivity contribution is 6.01. The molecule has 0 unspecified atom stereocenters. The minimum atomic E-state index is -3.01. The molecule has 1 saturated heterocycles. The van der Waals surface area contributed by atoms with Gasteiger partial charge in [0.2, 0.25) is 11.8 Å². The van der Waals surface area contributed by atoms with Gasteiger partial charge in [0.1, 0.15) is 0 Å². The molecule has 0 aromatic rings.